The summed E-state index contributed by atoms with van der Waals surface area (Å²) in [6, 6.07) is 13.5. The van der Waals surface area contributed by atoms with Crippen LogP contribution < -0.4 is 10.5 Å². The van der Waals surface area contributed by atoms with Crippen molar-refractivity contribution in [2.24, 2.45) is 5.73 Å². The van der Waals surface area contributed by atoms with Crippen LogP contribution in [0.2, 0.25) is 5.02 Å². The van der Waals surface area contributed by atoms with Crippen LogP contribution in [-0.2, 0) is 16.9 Å². The lowest BCUT2D eigenvalue weighted by molar-refractivity contribution is -0.119. The summed E-state index contributed by atoms with van der Waals surface area (Å²) in [4.78, 5) is 13.0. The number of halogens is 1. The van der Waals surface area contributed by atoms with Crippen LogP contribution in [0.15, 0.2) is 42.5 Å². The van der Waals surface area contributed by atoms with E-state index in [9.17, 15) is 9.90 Å². The molecule has 1 heterocycles. The third kappa shape index (κ3) is 4.18. The first kappa shape index (κ1) is 18.7. The van der Waals surface area contributed by atoms with Crippen LogP contribution in [0.5, 0.6) is 5.75 Å². The van der Waals surface area contributed by atoms with Crippen molar-refractivity contribution in [2.75, 3.05) is 19.7 Å². The van der Waals surface area contributed by atoms with Crippen LogP contribution in [0.4, 0.5) is 0 Å². The fraction of sp³-hybridized carbons (Fsp3) is 0.350. The first-order chi connectivity index (χ1) is 12.4. The normalized spacial score (nSPS) is 20.3. The topological polar surface area (TPSA) is 75.8 Å². The lowest BCUT2D eigenvalue weighted by Gasteiger charge is -2.26. The van der Waals surface area contributed by atoms with Gasteiger partial charge in [0.2, 0.25) is 0 Å². The van der Waals surface area contributed by atoms with Gasteiger partial charge in [0.15, 0.2) is 6.61 Å². The average Bonchev–Trinajstić information content (AvgIpc) is 2.96. The van der Waals surface area contributed by atoms with Crippen molar-refractivity contribution >= 4 is 17.5 Å². The second-order valence-electron chi connectivity index (χ2n) is 6.83. The average molecular weight is 375 g/mol. The van der Waals surface area contributed by atoms with Gasteiger partial charge in [-0.2, -0.15) is 0 Å². The van der Waals surface area contributed by atoms with Crippen molar-refractivity contribution in [3.8, 4) is 5.75 Å². The monoisotopic (exact) mass is 374 g/mol. The summed E-state index contributed by atoms with van der Waals surface area (Å²) in [6.45, 7) is 3.90. The minimum Gasteiger partial charge on any atom is -0.482 e. The molecule has 3 rings (SSSR count). The van der Waals surface area contributed by atoms with Gasteiger partial charge >= 0.3 is 0 Å². The van der Waals surface area contributed by atoms with Crippen molar-refractivity contribution in [3.05, 3.63) is 64.2 Å². The number of ether oxygens (including phenoxy) is 1. The van der Waals surface area contributed by atoms with Gasteiger partial charge in [0.25, 0.3) is 5.91 Å². The van der Waals surface area contributed by atoms with E-state index < -0.39 is 11.5 Å². The summed E-state index contributed by atoms with van der Waals surface area (Å²) in [7, 11) is 0. The predicted molar refractivity (Wildman–Crippen MR) is 101 cm³/mol. The number of nitrogens with zero attached hydrogens (tertiary/aromatic N) is 1. The molecule has 1 saturated heterocycles. The summed E-state index contributed by atoms with van der Waals surface area (Å²) in [5, 5.41) is 11.5. The summed E-state index contributed by atoms with van der Waals surface area (Å²) >= 11 is 6.23. The third-order valence-corrected chi connectivity index (χ3v) is 5.04. The van der Waals surface area contributed by atoms with Gasteiger partial charge in [-0.1, -0.05) is 41.9 Å². The molecule has 0 bridgehead atoms. The number of rotatable bonds is 6. The molecule has 6 heteroatoms. The molecule has 26 heavy (non-hydrogen) atoms. The molecule has 0 saturated carbocycles. The molecule has 1 atom stereocenters. The number of aliphatic hydroxyl groups is 1. The van der Waals surface area contributed by atoms with E-state index in [-0.39, 0.29) is 6.61 Å². The summed E-state index contributed by atoms with van der Waals surface area (Å²) < 4.78 is 5.27. The Balaban J connectivity index is 1.66. The number of β-amino-alcohol motifs (C(OH)–C–C–N with tert-alkyl or cyclic N) is 1. The van der Waals surface area contributed by atoms with Crippen molar-refractivity contribution in [1.82, 2.24) is 4.90 Å². The van der Waals surface area contributed by atoms with Gasteiger partial charge in [-0.05, 0) is 42.2 Å². The molecule has 0 aliphatic carbocycles. The number of hydrogen-bond donors (Lipinski definition) is 2. The number of primary amides is 1. The molecule has 138 valence electrons. The van der Waals surface area contributed by atoms with Gasteiger partial charge in [0.05, 0.1) is 5.02 Å². The van der Waals surface area contributed by atoms with E-state index in [4.69, 9.17) is 22.1 Å². The highest BCUT2D eigenvalue weighted by Crippen LogP contribution is 2.35. The number of hydrogen-bond acceptors (Lipinski definition) is 4. The Bertz CT molecular complexity index is 811. The zero-order valence-electron chi connectivity index (χ0n) is 14.7. The third-order valence-electron chi connectivity index (χ3n) is 4.75. The highest BCUT2D eigenvalue weighted by atomic mass is 35.5. The molecule has 0 radical (unpaired) electrons. The fourth-order valence-corrected chi connectivity index (χ4v) is 3.75. The highest BCUT2D eigenvalue weighted by molar-refractivity contribution is 6.32. The van der Waals surface area contributed by atoms with Crippen LogP contribution in [0.25, 0.3) is 0 Å². The van der Waals surface area contributed by atoms with Crippen LogP contribution >= 0.6 is 11.6 Å². The number of carbonyl (C=O) groups is 1. The first-order valence-corrected chi connectivity index (χ1v) is 8.95. The summed E-state index contributed by atoms with van der Waals surface area (Å²) in [5.41, 5.74) is 7.38. The smallest absolute Gasteiger partial charge is 0.255 e. The molecule has 3 N–H and O–H groups in total. The summed E-state index contributed by atoms with van der Waals surface area (Å²) in [5.74, 6) is -0.107. The fourth-order valence-electron chi connectivity index (χ4n) is 3.49. The Morgan fingerprint density at radius 2 is 2.12 bits per heavy atom. The molecule has 1 amide bonds. The second kappa shape index (κ2) is 7.66. The van der Waals surface area contributed by atoms with E-state index in [0.717, 1.165) is 23.2 Å². The van der Waals surface area contributed by atoms with E-state index in [1.807, 2.05) is 43.3 Å². The van der Waals surface area contributed by atoms with Crippen LogP contribution in [0, 0.1) is 6.92 Å². The standard InChI is InChI=1S/C20H23ClN2O3/c1-14-4-2-3-5-16(14)20(25)8-9-23(13-20)11-15-6-7-18(17(21)10-15)26-12-19(22)24/h2-7,10,25H,8-9,11-13H2,1H3,(H2,22,24). The number of benzene rings is 2. The zero-order valence-corrected chi connectivity index (χ0v) is 15.5. The van der Waals surface area contributed by atoms with E-state index in [1.54, 1.807) is 6.07 Å². The largest absolute Gasteiger partial charge is 0.482 e. The Labute approximate surface area is 158 Å². The van der Waals surface area contributed by atoms with E-state index in [2.05, 4.69) is 4.90 Å². The van der Waals surface area contributed by atoms with Gasteiger partial charge in [-0.25, -0.2) is 0 Å². The second-order valence-corrected chi connectivity index (χ2v) is 7.23. The Kier molecular flexibility index (Phi) is 5.51. The maximum absolute atomic E-state index is 11.1. The van der Waals surface area contributed by atoms with Crippen LogP contribution in [0.1, 0.15) is 23.1 Å². The number of aryl methyl sites for hydroxylation is 1. The van der Waals surface area contributed by atoms with E-state index in [0.29, 0.717) is 30.3 Å². The quantitative estimate of drug-likeness (QED) is 0.814. The van der Waals surface area contributed by atoms with Gasteiger partial charge in [-0.15, -0.1) is 0 Å². The van der Waals surface area contributed by atoms with Crippen molar-refractivity contribution in [2.45, 2.75) is 25.5 Å². The SMILES string of the molecule is Cc1ccccc1C1(O)CCN(Cc2ccc(OCC(N)=O)c(Cl)c2)C1. The molecular weight excluding hydrogens is 352 g/mol. The molecule has 0 spiro atoms. The maximum atomic E-state index is 11.1. The minimum atomic E-state index is -0.820. The van der Waals surface area contributed by atoms with Gasteiger partial charge < -0.3 is 15.6 Å². The molecule has 1 aliphatic heterocycles. The molecule has 1 fully saturated rings. The number of carbonyl (C=O) groups excluding carboxylic acids is 1. The van der Waals surface area contributed by atoms with Crippen molar-refractivity contribution in [1.29, 1.82) is 0 Å². The molecule has 1 unspecified atom stereocenters. The lowest BCUT2D eigenvalue weighted by atomic mass is 9.89. The Hall–Kier alpha value is -2.08. The van der Waals surface area contributed by atoms with Crippen molar-refractivity contribution in [3.63, 3.8) is 0 Å². The first-order valence-electron chi connectivity index (χ1n) is 8.58. The van der Waals surface area contributed by atoms with Crippen LogP contribution in [-0.4, -0.2) is 35.6 Å². The number of amides is 1. The summed E-state index contributed by atoms with van der Waals surface area (Å²) in [6.07, 6.45) is 0.700. The van der Waals surface area contributed by atoms with Crippen LogP contribution in [0.3, 0.4) is 0 Å². The van der Waals surface area contributed by atoms with Gasteiger partial charge in [0, 0.05) is 19.6 Å². The highest BCUT2D eigenvalue weighted by Gasteiger charge is 2.38. The molecule has 0 aromatic heterocycles. The van der Waals surface area contributed by atoms with E-state index >= 15 is 0 Å². The Morgan fingerprint density at radius 1 is 1.35 bits per heavy atom. The van der Waals surface area contributed by atoms with E-state index in [1.165, 1.54) is 0 Å². The molecule has 5 nitrogen and oxygen atoms in total. The maximum Gasteiger partial charge on any atom is 0.255 e. The van der Waals surface area contributed by atoms with Gasteiger partial charge in [-0.3, -0.25) is 9.69 Å². The number of nitrogens with two attached hydrogens (primary N) is 1. The number of likely N-dealkylation sites (tertiary alicyclic amines) is 1. The van der Waals surface area contributed by atoms with Crippen molar-refractivity contribution < 1.29 is 14.6 Å². The Morgan fingerprint density at radius 3 is 2.81 bits per heavy atom. The lowest BCUT2D eigenvalue weighted by Crippen LogP contribution is -2.31. The minimum absolute atomic E-state index is 0.200. The molecular formula is C20H23ClN2O3. The predicted octanol–water partition coefficient (Wildman–Crippen LogP) is 2.61. The molecule has 1 aliphatic rings. The molecule has 2 aromatic carbocycles. The van der Waals surface area contributed by atoms with Gasteiger partial charge in [0.1, 0.15) is 11.4 Å². The molecule has 2 aromatic rings. The zero-order chi connectivity index (χ0) is 18.7.